The predicted molar refractivity (Wildman–Crippen MR) is 180 cm³/mol. The van der Waals surface area contributed by atoms with Crippen LogP contribution in [-0.4, -0.2) is 86.3 Å². The van der Waals surface area contributed by atoms with Crippen LogP contribution in [0, 0.1) is 3.57 Å². The van der Waals surface area contributed by atoms with Crippen molar-refractivity contribution in [1.82, 2.24) is 28.9 Å². The van der Waals surface area contributed by atoms with Crippen LogP contribution >= 0.6 is 54.5 Å². The van der Waals surface area contributed by atoms with Crippen LogP contribution in [0.15, 0.2) is 63.5 Å². The highest BCUT2D eigenvalue weighted by Gasteiger charge is 2.18. The Kier molecular flexibility index (Phi) is 11.1. The van der Waals surface area contributed by atoms with E-state index in [4.69, 9.17) is 10.0 Å². The molecule has 0 bridgehead atoms. The zero-order chi connectivity index (χ0) is 29.0. The van der Waals surface area contributed by atoms with Gasteiger partial charge in [-0.1, -0.05) is 12.2 Å². The fourth-order valence-corrected chi connectivity index (χ4v) is 6.19. The number of aromatic nitrogens is 4. The Balaban J connectivity index is 0.000000147. The lowest BCUT2D eigenvalue weighted by Crippen LogP contribution is -2.29. The summed E-state index contributed by atoms with van der Waals surface area (Å²) in [7, 11) is 6.99. The Morgan fingerprint density at radius 1 is 0.800 bits per heavy atom. The SMILES string of the molecule is CN1CC=C(B(O)O)CC1.CN1CC=C(c2cn(C)c3ncc(Br)cc23)CC1.Cn1cc(I)c2cc(Br)cnc21. The van der Waals surface area contributed by atoms with Crippen molar-refractivity contribution in [3.8, 4) is 0 Å². The summed E-state index contributed by atoms with van der Waals surface area (Å²) in [6.07, 6.45) is 14.0. The van der Waals surface area contributed by atoms with E-state index in [1.807, 2.05) is 37.1 Å². The van der Waals surface area contributed by atoms with Gasteiger partial charge in [-0.3, -0.25) is 0 Å². The summed E-state index contributed by atoms with van der Waals surface area (Å²) in [6, 6.07) is 4.25. The number of aryl methyl sites for hydroxylation is 2. The van der Waals surface area contributed by atoms with E-state index in [1.54, 1.807) is 0 Å². The minimum atomic E-state index is -1.24. The summed E-state index contributed by atoms with van der Waals surface area (Å²) in [5.41, 5.74) is 5.60. The van der Waals surface area contributed by atoms with Crippen LogP contribution < -0.4 is 0 Å². The lowest BCUT2D eigenvalue weighted by Gasteiger charge is -2.21. The van der Waals surface area contributed by atoms with Crippen molar-refractivity contribution in [2.75, 3.05) is 40.3 Å². The zero-order valence-electron chi connectivity index (χ0n) is 23.2. The molecule has 0 saturated carbocycles. The third-order valence-corrected chi connectivity index (χ3v) is 8.78. The second kappa shape index (κ2) is 14.1. The van der Waals surface area contributed by atoms with Crippen molar-refractivity contribution in [2.45, 2.75) is 12.8 Å². The standard InChI is InChI=1S/C14H16BrN3.C8H6BrIN2.C6H12BNO2/c1-17-5-3-10(4-6-17)13-9-18(2)14-12(13)7-11(15)8-16-14;1-12-4-7(10)6-2-5(9)3-11-8(6)12;1-8-4-2-6(3-5-8)7(9)10/h3,7-9H,4-6H2,1-2H3;2-4H,1H3;2,9-10H,3-5H2,1H3. The number of nitrogens with zero attached hydrogens (tertiary/aromatic N) is 6. The molecule has 12 heteroatoms. The summed E-state index contributed by atoms with van der Waals surface area (Å²) in [6.45, 7) is 3.91. The van der Waals surface area contributed by atoms with Gasteiger partial charge in [-0.2, -0.15) is 0 Å². The molecule has 0 aromatic carbocycles. The molecule has 0 aliphatic carbocycles. The quantitative estimate of drug-likeness (QED) is 0.214. The molecule has 0 saturated heterocycles. The van der Waals surface area contributed by atoms with Gasteiger partial charge in [0.25, 0.3) is 0 Å². The molecule has 0 radical (unpaired) electrons. The van der Waals surface area contributed by atoms with Crippen LogP contribution in [0.5, 0.6) is 0 Å². The van der Waals surface area contributed by atoms with Crippen molar-refractivity contribution in [1.29, 1.82) is 0 Å². The third kappa shape index (κ3) is 7.84. The van der Waals surface area contributed by atoms with E-state index < -0.39 is 7.12 Å². The molecule has 0 atom stereocenters. The van der Waals surface area contributed by atoms with Crippen molar-refractivity contribution in [3.63, 3.8) is 0 Å². The number of hydrogen-bond donors (Lipinski definition) is 2. The molecule has 2 aliphatic heterocycles. The largest absolute Gasteiger partial charge is 0.483 e. The first-order chi connectivity index (χ1) is 19.0. The minimum absolute atomic E-state index is 0.748. The Labute approximate surface area is 266 Å². The average molecular weight is 784 g/mol. The summed E-state index contributed by atoms with van der Waals surface area (Å²) < 4.78 is 7.44. The zero-order valence-corrected chi connectivity index (χ0v) is 28.5. The van der Waals surface area contributed by atoms with E-state index in [2.05, 4.69) is 123 Å². The van der Waals surface area contributed by atoms with E-state index in [9.17, 15) is 0 Å². The van der Waals surface area contributed by atoms with Gasteiger partial charge in [0, 0.05) is 93.9 Å². The van der Waals surface area contributed by atoms with Gasteiger partial charge in [0.05, 0.1) is 0 Å². The predicted octanol–water partition coefficient (Wildman–Crippen LogP) is 5.26. The van der Waals surface area contributed by atoms with Gasteiger partial charge in [0.15, 0.2) is 0 Å². The first kappa shape index (κ1) is 31.4. The molecule has 0 amide bonds. The maximum atomic E-state index is 8.73. The molecule has 0 spiro atoms. The Morgan fingerprint density at radius 3 is 1.90 bits per heavy atom. The Bertz CT molecular complexity index is 1550. The molecule has 212 valence electrons. The normalized spacial score (nSPS) is 16.1. The monoisotopic (exact) mass is 782 g/mol. The lowest BCUT2D eigenvalue weighted by molar-refractivity contribution is 0.351. The number of hydrogen-bond acceptors (Lipinski definition) is 6. The third-order valence-electron chi connectivity index (χ3n) is 7.05. The van der Waals surface area contributed by atoms with Crippen molar-refractivity contribution < 1.29 is 10.0 Å². The van der Waals surface area contributed by atoms with Gasteiger partial charge in [-0.25, -0.2) is 9.97 Å². The number of halogens is 3. The molecule has 0 fully saturated rings. The maximum Gasteiger partial charge on any atom is 0.483 e. The lowest BCUT2D eigenvalue weighted by atomic mass is 9.76. The molecule has 4 aromatic heterocycles. The highest BCUT2D eigenvalue weighted by atomic mass is 127. The second-order valence-corrected chi connectivity index (χ2v) is 13.2. The maximum absolute atomic E-state index is 8.73. The highest BCUT2D eigenvalue weighted by Crippen LogP contribution is 2.31. The minimum Gasteiger partial charge on any atom is -0.423 e. The Hall–Kier alpha value is -1.55. The van der Waals surface area contributed by atoms with E-state index in [0.29, 0.717) is 0 Å². The first-order valence-electron chi connectivity index (χ1n) is 13.0. The fourth-order valence-electron chi connectivity index (χ4n) is 4.72. The van der Waals surface area contributed by atoms with Gasteiger partial charge in [0.2, 0.25) is 0 Å². The van der Waals surface area contributed by atoms with Gasteiger partial charge < -0.3 is 29.0 Å². The number of rotatable bonds is 2. The molecule has 6 rings (SSSR count). The van der Waals surface area contributed by atoms with Gasteiger partial charge in [-0.15, -0.1) is 0 Å². The average Bonchev–Trinajstić information content (AvgIpc) is 3.39. The summed E-state index contributed by atoms with van der Waals surface area (Å²) in [5, 5.41) is 19.9. The van der Waals surface area contributed by atoms with Crippen LogP contribution in [0.3, 0.4) is 0 Å². The van der Waals surface area contributed by atoms with E-state index in [-0.39, 0.29) is 0 Å². The van der Waals surface area contributed by atoms with Gasteiger partial charge in [0.1, 0.15) is 11.3 Å². The molecule has 2 aliphatic rings. The topological polar surface area (TPSA) is 82.6 Å². The van der Waals surface area contributed by atoms with Gasteiger partial charge >= 0.3 is 7.12 Å². The molecule has 40 heavy (non-hydrogen) atoms. The molecule has 4 aromatic rings. The summed E-state index contributed by atoms with van der Waals surface area (Å²) >= 11 is 9.22. The molecule has 8 nitrogen and oxygen atoms in total. The number of pyridine rings is 2. The second-order valence-electron chi connectivity index (χ2n) is 10.2. The smallest absolute Gasteiger partial charge is 0.423 e. The van der Waals surface area contributed by atoms with Crippen LogP contribution in [-0.2, 0) is 14.1 Å². The van der Waals surface area contributed by atoms with Crippen molar-refractivity contribution >= 4 is 89.2 Å². The molecule has 0 unspecified atom stereocenters. The van der Waals surface area contributed by atoms with E-state index in [1.165, 1.54) is 25.5 Å². The Morgan fingerprint density at radius 2 is 1.35 bits per heavy atom. The summed E-state index contributed by atoms with van der Waals surface area (Å²) in [4.78, 5) is 13.3. The molecule has 2 N–H and O–H groups in total. The molecular formula is C28H34BBr2IN6O2. The van der Waals surface area contributed by atoms with E-state index in [0.717, 1.165) is 64.7 Å². The van der Waals surface area contributed by atoms with Crippen LogP contribution in [0.4, 0.5) is 0 Å². The first-order valence-corrected chi connectivity index (χ1v) is 15.7. The van der Waals surface area contributed by atoms with Crippen LogP contribution in [0.25, 0.3) is 27.6 Å². The van der Waals surface area contributed by atoms with Gasteiger partial charge in [-0.05, 0) is 105 Å². The molecular weight excluding hydrogens is 750 g/mol. The van der Waals surface area contributed by atoms with Crippen molar-refractivity contribution in [2.24, 2.45) is 14.1 Å². The number of fused-ring (bicyclic) bond motifs is 2. The fraction of sp³-hybridized carbons (Fsp3) is 0.357. The van der Waals surface area contributed by atoms with Crippen LogP contribution in [0.1, 0.15) is 18.4 Å². The summed E-state index contributed by atoms with van der Waals surface area (Å²) in [5.74, 6) is 0. The van der Waals surface area contributed by atoms with E-state index >= 15 is 0 Å². The highest BCUT2D eigenvalue weighted by molar-refractivity contribution is 14.1. The van der Waals surface area contributed by atoms with Crippen LogP contribution in [0.2, 0.25) is 0 Å². The van der Waals surface area contributed by atoms with Crippen molar-refractivity contribution in [3.05, 3.63) is 72.6 Å². The number of likely N-dealkylation sites (N-methyl/N-ethyl adjacent to an activating group) is 2. The molecule has 6 heterocycles.